The first-order valence-corrected chi connectivity index (χ1v) is 7.19. The minimum absolute atomic E-state index is 0.0715. The Labute approximate surface area is 105 Å². The third-order valence-corrected chi connectivity index (χ3v) is 4.64. The molecular formula is C15H26O2. The molecule has 2 saturated carbocycles. The standard InChI is InChI=1S/C15H26O2/c1-9(2)12-6-5-10(3)7-14(12)17-15(16)13-8-11(13)4/h9-14H,5-8H2,1-4H3. The number of hydrogen-bond acceptors (Lipinski definition) is 2. The molecule has 0 aromatic rings. The number of esters is 1. The van der Waals surface area contributed by atoms with E-state index >= 15 is 0 Å². The van der Waals surface area contributed by atoms with Crippen LogP contribution in [-0.2, 0) is 9.53 Å². The van der Waals surface area contributed by atoms with Crippen LogP contribution in [0.2, 0.25) is 0 Å². The predicted octanol–water partition coefficient (Wildman–Crippen LogP) is 3.65. The lowest BCUT2D eigenvalue weighted by Gasteiger charge is -2.36. The molecule has 5 atom stereocenters. The summed E-state index contributed by atoms with van der Waals surface area (Å²) in [6, 6.07) is 0. The Hall–Kier alpha value is -0.530. The van der Waals surface area contributed by atoms with Crippen molar-refractivity contribution in [2.24, 2.45) is 29.6 Å². The highest BCUT2D eigenvalue weighted by Gasteiger charge is 2.43. The highest BCUT2D eigenvalue weighted by Crippen LogP contribution is 2.41. The summed E-state index contributed by atoms with van der Waals surface area (Å²) in [6.45, 7) is 8.91. The van der Waals surface area contributed by atoms with Crippen molar-refractivity contribution in [1.29, 1.82) is 0 Å². The fourth-order valence-electron chi connectivity index (χ4n) is 3.14. The lowest BCUT2D eigenvalue weighted by atomic mass is 9.75. The molecule has 5 unspecified atom stereocenters. The highest BCUT2D eigenvalue weighted by molar-refractivity contribution is 5.75. The van der Waals surface area contributed by atoms with Crippen LogP contribution in [0.3, 0.4) is 0 Å². The van der Waals surface area contributed by atoms with E-state index in [0.717, 1.165) is 12.8 Å². The topological polar surface area (TPSA) is 26.3 Å². The third-order valence-electron chi connectivity index (χ3n) is 4.64. The van der Waals surface area contributed by atoms with Crippen LogP contribution >= 0.6 is 0 Å². The number of rotatable bonds is 3. The van der Waals surface area contributed by atoms with Gasteiger partial charge in [-0.1, -0.05) is 34.1 Å². The van der Waals surface area contributed by atoms with E-state index in [1.807, 2.05) is 0 Å². The predicted molar refractivity (Wildman–Crippen MR) is 68.5 cm³/mol. The van der Waals surface area contributed by atoms with Gasteiger partial charge in [-0.15, -0.1) is 0 Å². The summed E-state index contributed by atoms with van der Waals surface area (Å²) in [7, 11) is 0. The Bertz CT molecular complexity index is 285. The fraction of sp³-hybridized carbons (Fsp3) is 0.933. The SMILES string of the molecule is CC1CCC(C(C)C)C(OC(=O)C2CC2C)C1. The summed E-state index contributed by atoms with van der Waals surface area (Å²) in [6.07, 6.45) is 4.79. The highest BCUT2D eigenvalue weighted by atomic mass is 16.5. The molecule has 2 aliphatic rings. The minimum Gasteiger partial charge on any atom is -0.462 e. The Kier molecular flexibility index (Phi) is 3.79. The van der Waals surface area contributed by atoms with Crippen molar-refractivity contribution in [3.8, 4) is 0 Å². The van der Waals surface area contributed by atoms with E-state index in [1.165, 1.54) is 12.8 Å². The maximum absolute atomic E-state index is 11.9. The van der Waals surface area contributed by atoms with Crippen molar-refractivity contribution in [2.75, 3.05) is 0 Å². The van der Waals surface area contributed by atoms with Gasteiger partial charge >= 0.3 is 5.97 Å². The van der Waals surface area contributed by atoms with Crippen LogP contribution < -0.4 is 0 Å². The normalized spacial score (nSPS) is 41.4. The van der Waals surface area contributed by atoms with Gasteiger partial charge in [0.2, 0.25) is 0 Å². The van der Waals surface area contributed by atoms with Gasteiger partial charge in [0.15, 0.2) is 0 Å². The van der Waals surface area contributed by atoms with E-state index < -0.39 is 0 Å². The molecular weight excluding hydrogens is 212 g/mol. The number of carbonyl (C=O) groups is 1. The summed E-state index contributed by atoms with van der Waals surface area (Å²) in [5, 5.41) is 0. The molecule has 0 heterocycles. The first kappa shape index (κ1) is 12.9. The molecule has 98 valence electrons. The minimum atomic E-state index is 0.0715. The molecule has 0 bridgehead atoms. The van der Waals surface area contributed by atoms with Gasteiger partial charge in [-0.3, -0.25) is 4.79 Å². The molecule has 2 heteroatoms. The molecule has 0 amide bonds. The first-order valence-electron chi connectivity index (χ1n) is 7.19. The molecule has 0 aromatic carbocycles. The van der Waals surface area contributed by atoms with Gasteiger partial charge < -0.3 is 4.74 Å². The van der Waals surface area contributed by atoms with Crippen LogP contribution in [0.4, 0.5) is 0 Å². The molecule has 0 spiro atoms. The number of ether oxygens (including phenoxy) is 1. The van der Waals surface area contributed by atoms with Crippen LogP contribution in [0.1, 0.15) is 53.4 Å². The van der Waals surface area contributed by atoms with Crippen LogP contribution in [0.15, 0.2) is 0 Å². The van der Waals surface area contributed by atoms with E-state index in [-0.39, 0.29) is 18.0 Å². The molecule has 0 saturated heterocycles. The van der Waals surface area contributed by atoms with Gasteiger partial charge in [-0.25, -0.2) is 0 Å². The van der Waals surface area contributed by atoms with E-state index in [1.54, 1.807) is 0 Å². The van der Waals surface area contributed by atoms with Crippen molar-refractivity contribution in [3.05, 3.63) is 0 Å². The number of carbonyl (C=O) groups excluding carboxylic acids is 1. The van der Waals surface area contributed by atoms with E-state index in [9.17, 15) is 4.79 Å². The second kappa shape index (κ2) is 4.99. The van der Waals surface area contributed by atoms with Gasteiger partial charge in [0.25, 0.3) is 0 Å². The molecule has 0 radical (unpaired) electrons. The first-order chi connectivity index (χ1) is 7.99. The van der Waals surface area contributed by atoms with Crippen molar-refractivity contribution >= 4 is 5.97 Å². The van der Waals surface area contributed by atoms with Crippen molar-refractivity contribution in [1.82, 2.24) is 0 Å². The lowest BCUT2D eigenvalue weighted by Crippen LogP contribution is -2.36. The van der Waals surface area contributed by atoms with Gasteiger partial charge in [0, 0.05) is 0 Å². The second-order valence-electron chi connectivity index (χ2n) is 6.62. The maximum Gasteiger partial charge on any atom is 0.309 e. The van der Waals surface area contributed by atoms with Crippen LogP contribution in [0.5, 0.6) is 0 Å². The van der Waals surface area contributed by atoms with E-state index in [2.05, 4.69) is 27.7 Å². The summed E-state index contributed by atoms with van der Waals surface area (Å²) in [5.74, 6) is 2.74. The van der Waals surface area contributed by atoms with E-state index in [4.69, 9.17) is 4.74 Å². The molecule has 2 nitrogen and oxygen atoms in total. The van der Waals surface area contributed by atoms with Gasteiger partial charge in [-0.05, 0) is 42.9 Å². The molecule has 2 rings (SSSR count). The third kappa shape index (κ3) is 3.02. The summed E-state index contributed by atoms with van der Waals surface area (Å²) >= 11 is 0. The Balaban J connectivity index is 1.92. The van der Waals surface area contributed by atoms with E-state index in [0.29, 0.717) is 23.7 Å². The fourth-order valence-corrected chi connectivity index (χ4v) is 3.14. The van der Waals surface area contributed by atoms with Crippen molar-refractivity contribution in [2.45, 2.75) is 59.5 Å². The quantitative estimate of drug-likeness (QED) is 0.702. The lowest BCUT2D eigenvalue weighted by molar-refractivity contribution is -0.157. The monoisotopic (exact) mass is 238 g/mol. The van der Waals surface area contributed by atoms with Crippen LogP contribution in [0.25, 0.3) is 0 Å². The summed E-state index contributed by atoms with van der Waals surface area (Å²) in [5.41, 5.74) is 0. The number of hydrogen-bond donors (Lipinski definition) is 0. The zero-order valence-corrected chi connectivity index (χ0v) is 11.6. The van der Waals surface area contributed by atoms with Gasteiger partial charge in [0.05, 0.1) is 5.92 Å². The average molecular weight is 238 g/mol. The average Bonchev–Trinajstić information content (AvgIpc) is 2.95. The van der Waals surface area contributed by atoms with Crippen molar-refractivity contribution < 1.29 is 9.53 Å². The maximum atomic E-state index is 11.9. The Morgan fingerprint density at radius 2 is 1.82 bits per heavy atom. The van der Waals surface area contributed by atoms with Gasteiger partial charge in [-0.2, -0.15) is 0 Å². The molecule has 17 heavy (non-hydrogen) atoms. The molecule has 0 N–H and O–H groups in total. The molecule has 0 aromatic heterocycles. The molecule has 2 fully saturated rings. The zero-order valence-electron chi connectivity index (χ0n) is 11.6. The van der Waals surface area contributed by atoms with Crippen LogP contribution in [0, 0.1) is 29.6 Å². The molecule has 0 aliphatic heterocycles. The smallest absolute Gasteiger partial charge is 0.309 e. The second-order valence-corrected chi connectivity index (χ2v) is 6.62. The molecule has 2 aliphatic carbocycles. The van der Waals surface area contributed by atoms with Crippen LogP contribution in [-0.4, -0.2) is 12.1 Å². The Morgan fingerprint density at radius 3 is 2.35 bits per heavy atom. The van der Waals surface area contributed by atoms with Crippen molar-refractivity contribution in [3.63, 3.8) is 0 Å². The summed E-state index contributed by atoms with van der Waals surface area (Å²) in [4.78, 5) is 11.9. The largest absolute Gasteiger partial charge is 0.462 e. The Morgan fingerprint density at radius 1 is 1.18 bits per heavy atom. The van der Waals surface area contributed by atoms with Gasteiger partial charge in [0.1, 0.15) is 6.10 Å². The zero-order chi connectivity index (χ0) is 12.6. The summed E-state index contributed by atoms with van der Waals surface area (Å²) < 4.78 is 5.79.